The largest absolute Gasteiger partial charge is 0.494 e. The quantitative estimate of drug-likeness (QED) is 0.735. The number of carboxylic acids is 1. The first-order chi connectivity index (χ1) is 8.67. The second-order valence-electron chi connectivity index (χ2n) is 3.81. The highest BCUT2D eigenvalue weighted by molar-refractivity contribution is 5.73. The van der Waals surface area contributed by atoms with Gasteiger partial charge in [0.15, 0.2) is 0 Å². The summed E-state index contributed by atoms with van der Waals surface area (Å²) in [6.07, 6.45) is 0.959. The number of hydrogen-bond acceptors (Lipinski definition) is 4. The maximum Gasteiger partial charge on any atom is 0.324 e. The van der Waals surface area contributed by atoms with Crippen LogP contribution in [0.25, 0.3) is 0 Å². The summed E-state index contributed by atoms with van der Waals surface area (Å²) in [7, 11) is 1.59. The summed E-state index contributed by atoms with van der Waals surface area (Å²) in [5.74, 6) is 0.480. The topological polar surface area (TPSA) is 67.8 Å². The molecule has 2 N–H and O–H groups in total. The first-order valence-electron chi connectivity index (χ1n) is 5.93. The number of benzene rings is 1. The van der Waals surface area contributed by atoms with Crippen molar-refractivity contribution in [3.8, 4) is 11.5 Å². The zero-order chi connectivity index (χ0) is 13.4. The van der Waals surface area contributed by atoms with E-state index in [1.807, 2.05) is 6.92 Å². The van der Waals surface area contributed by atoms with Crippen molar-refractivity contribution < 1.29 is 19.4 Å². The Morgan fingerprint density at radius 1 is 1.28 bits per heavy atom. The molecule has 0 saturated heterocycles. The predicted molar refractivity (Wildman–Crippen MR) is 68.2 cm³/mol. The molecule has 18 heavy (non-hydrogen) atoms. The Bertz CT molecular complexity index is 364. The van der Waals surface area contributed by atoms with Crippen LogP contribution in [-0.4, -0.2) is 37.4 Å². The van der Waals surface area contributed by atoms with E-state index >= 15 is 0 Å². The zero-order valence-electron chi connectivity index (χ0n) is 10.7. The normalized spacial score (nSPS) is 11.9. The number of likely N-dealkylation sites (N-methyl/N-ethyl adjacent to an activating group) is 1. The van der Waals surface area contributed by atoms with Gasteiger partial charge in [0.05, 0.1) is 6.61 Å². The molecule has 0 aliphatic heterocycles. The number of ether oxygens (including phenoxy) is 2. The average Bonchev–Trinajstić information content (AvgIpc) is 2.38. The molecular weight excluding hydrogens is 234 g/mol. The number of aliphatic carboxylic acids is 1. The van der Waals surface area contributed by atoms with Crippen LogP contribution in [0.5, 0.6) is 11.5 Å². The Labute approximate surface area is 107 Å². The van der Waals surface area contributed by atoms with Crippen molar-refractivity contribution in [3.63, 3.8) is 0 Å². The van der Waals surface area contributed by atoms with Crippen molar-refractivity contribution in [1.29, 1.82) is 0 Å². The molecule has 0 radical (unpaired) electrons. The van der Waals surface area contributed by atoms with E-state index in [4.69, 9.17) is 14.6 Å². The van der Waals surface area contributed by atoms with Gasteiger partial charge >= 0.3 is 5.97 Å². The van der Waals surface area contributed by atoms with Gasteiger partial charge in [-0.25, -0.2) is 0 Å². The van der Waals surface area contributed by atoms with Crippen molar-refractivity contribution in [2.45, 2.75) is 19.4 Å². The zero-order valence-corrected chi connectivity index (χ0v) is 10.7. The van der Waals surface area contributed by atoms with Crippen molar-refractivity contribution in [2.24, 2.45) is 0 Å². The predicted octanol–water partition coefficient (Wildman–Crippen LogP) is 1.53. The van der Waals surface area contributed by atoms with Crippen LogP contribution < -0.4 is 14.8 Å². The lowest BCUT2D eigenvalue weighted by Gasteiger charge is -2.13. The second kappa shape index (κ2) is 7.55. The van der Waals surface area contributed by atoms with Gasteiger partial charge in [-0.05, 0) is 37.7 Å². The third kappa shape index (κ3) is 4.63. The highest BCUT2D eigenvalue weighted by Crippen LogP contribution is 2.17. The number of rotatable bonds is 8. The van der Waals surface area contributed by atoms with Crippen molar-refractivity contribution in [2.75, 3.05) is 20.3 Å². The first kappa shape index (κ1) is 14.3. The van der Waals surface area contributed by atoms with Crippen LogP contribution in [0.1, 0.15) is 13.3 Å². The molecule has 0 aliphatic rings. The van der Waals surface area contributed by atoms with Gasteiger partial charge < -0.3 is 19.9 Å². The van der Waals surface area contributed by atoms with E-state index in [9.17, 15) is 4.79 Å². The van der Waals surface area contributed by atoms with Crippen molar-refractivity contribution in [3.05, 3.63) is 24.3 Å². The molecule has 1 unspecified atom stereocenters. The van der Waals surface area contributed by atoms with E-state index in [-0.39, 0.29) is 6.61 Å². The molecule has 5 heteroatoms. The Hall–Kier alpha value is -1.75. The minimum absolute atomic E-state index is 0.0843. The van der Waals surface area contributed by atoms with E-state index in [1.165, 1.54) is 0 Å². The van der Waals surface area contributed by atoms with Gasteiger partial charge in [0, 0.05) is 0 Å². The van der Waals surface area contributed by atoms with Gasteiger partial charge in [-0.15, -0.1) is 0 Å². The van der Waals surface area contributed by atoms with Gasteiger partial charge in [0.1, 0.15) is 24.1 Å². The molecule has 1 aromatic carbocycles. The number of carbonyl (C=O) groups is 1. The Balaban J connectivity index is 2.45. The molecule has 0 amide bonds. The SMILES string of the molecule is CCCOc1ccc(OCC(NC)C(=O)O)cc1. The number of carboxylic acid groups (broad SMARTS) is 1. The summed E-state index contributed by atoms with van der Waals surface area (Å²) in [4.78, 5) is 10.8. The molecule has 0 fully saturated rings. The van der Waals surface area contributed by atoms with Crippen LogP contribution in [-0.2, 0) is 4.79 Å². The van der Waals surface area contributed by atoms with Crippen molar-refractivity contribution in [1.82, 2.24) is 5.32 Å². The Morgan fingerprint density at radius 3 is 2.28 bits per heavy atom. The molecule has 100 valence electrons. The molecule has 1 aromatic rings. The third-order valence-corrected chi connectivity index (χ3v) is 2.36. The standard InChI is InChI=1S/C13H19NO4/c1-3-8-17-10-4-6-11(7-5-10)18-9-12(14-2)13(15)16/h4-7,12,14H,3,8-9H2,1-2H3,(H,15,16). The molecule has 1 rings (SSSR count). The second-order valence-corrected chi connectivity index (χ2v) is 3.81. The maximum absolute atomic E-state index is 10.8. The van der Waals surface area contributed by atoms with E-state index in [0.29, 0.717) is 12.4 Å². The Kier molecular flexibility index (Phi) is 6.00. The summed E-state index contributed by atoms with van der Waals surface area (Å²) in [6.45, 7) is 2.81. The average molecular weight is 253 g/mol. The van der Waals surface area contributed by atoms with Crippen LogP contribution in [0, 0.1) is 0 Å². The Morgan fingerprint density at radius 2 is 1.83 bits per heavy atom. The molecule has 0 spiro atoms. The van der Waals surface area contributed by atoms with Crippen LogP contribution in [0.3, 0.4) is 0 Å². The molecule has 0 saturated carbocycles. The smallest absolute Gasteiger partial charge is 0.324 e. The van der Waals surface area contributed by atoms with E-state index in [1.54, 1.807) is 31.3 Å². The van der Waals surface area contributed by atoms with E-state index in [2.05, 4.69) is 5.32 Å². The molecule has 0 aliphatic carbocycles. The van der Waals surface area contributed by atoms with Crippen LogP contribution in [0.2, 0.25) is 0 Å². The summed E-state index contributed by atoms with van der Waals surface area (Å²) in [5.41, 5.74) is 0. The summed E-state index contributed by atoms with van der Waals surface area (Å²) >= 11 is 0. The monoisotopic (exact) mass is 253 g/mol. The van der Waals surface area contributed by atoms with Crippen LogP contribution in [0.4, 0.5) is 0 Å². The van der Waals surface area contributed by atoms with E-state index in [0.717, 1.165) is 12.2 Å². The summed E-state index contributed by atoms with van der Waals surface area (Å²) in [6, 6.07) is 6.43. The fourth-order valence-corrected chi connectivity index (χ4v) is 1.31. The molecule has 0 aromatic heterocycles. The van der Waals surface area contributed by atoms with Gasteiger partial charge in [-0.1, -0.05) is 6.92 Å². The molecule has 5 nitrogen and oxygen atoms in total. The van der Waals surface area contributed by atoms with Gasteiger partial charge in [0.25, 0.3) is 0 Å². The fraction of sp³-hybridized carbons (Fsp3) is 0.462. The number of nitrogens with one attached hydrogen (secondary N) is 1. The third-order valence-electron chi connectivity index (χ3n) is 2.36. The highest BCUT2D eigenvalue weighted by atomic mass is 16.5. The number of hydrogen-bond donors (Lipinski definition) is 2. The molecule has 1 atom stereocenters. The van der Waals surface area contributed by atoms with Gasteiger partial charge in [-0.3, -0.25) is 4.79 Å². The summed E-state index contributed by atoms with van der Waals surface area (Å²) < 4.78 is 10.8. The molecular formula is C13H19NO4. The van der Waals surface area contributed by atoms with Gasteiger partial charge in [-0.2, -0.15) is 0 Å². The highest BCUT2D eigenvalue weighted by Gasteiger charge is 2.15. The molecule has 0 heterocycles. The van der Waals surface area contributed by atoms with E-state index < -0.39 is 12.0 Å². The summed E-state index contributed by atoms with van der Waals surface area (Å²) in [5, 5.41) is 11.5. The maximum atomic E-state index is 10.8. The first-order valence-corrected chi connectivity index (χ1v) is 5.93. The van der Waals surface area contributed by atoms with Crippen molar-refractivity contribution >= 4 is 5.97 Å². The molecule has 0 bridgehead atoms. The lowest BCUT2D eigenvalue weighted by Crippen LogP contribution is -2.39. The minimum Gasteiger partial charge on any atom is -0.494 e. The van der Waals surface area contributed by atoms with Crippen LogP contribution >= 0.6 is 0 Å². The lowest BCUT2D eigenvalue weighted by molar-refractivity contribution is -0.140. The minimum atomic E-state index is -0.930. The lowest BCUT2D eigenvalue weighted by atomic mass is 10.3. The van der Waals surface area contributed by atoms with Gasteiger partial charge in [0.2, 0.25) is 0 Å². The van der Waals surface area contributed by atoms with Crippen LogP contribution in [0.15, 0.2) is 24.3 Å². The fourth-order valence-electron chi connectivity index (χ4n) is 1.31.